The van der Waals surface area contributed by atoms with Gasteiger partial charge in [-0.25, -0.2) is 9.18 Å². The number of rotatable bonds is 8. The molecule has 0 unspecified atom stereocenters. The normalized spacial score (nSPS) is 15.9. The summed E-state index contributed by atoms with van der Waals surface area (Å²) in [7, 11) is 0. The van der Waals surface area contributed by atoms with Crippen molar-refractivity contribution in [3.05, 3.63) is 0 Å². The van der Waals surface area contributed by atoms with Crippen LogP contribution in [0.3, 0.4) is 0 Å². The first kappa shape index (κ1) is 24.6. The number of alkyl halides is 1. The molecule has 0 radical (unpaired) electrons. The lowest BCUT2D eigenvalue weighted by molar-refractivity contribution is -0.146. The van der Waals surface area contributed by atoms with E-state index in [4.69, 9.17) is 10.5 Å². The van der Waals surface area contributed by atoms with E-state index in [0.29, 0.717) is 11.4 Å². The summed E-state index contributed by atoms with van der Waals surface area (Å²) in [6, 6.07) is 0. The number of nitrogens with zero attached hydrogens (tertiary/aromatic N) is 1. The molecule has 1 fully saturated rings. The summed E-state index contributed by atoms with van der Waals surface area (Å²) in [5.41, 5.74) is 6.78. The standard InChI is InChI=1S/C19H33FN4O5/c1-19(2,3)22-18(28)29-14(11-13-7-5-4-6-8-13)17(27)23-24(16(26)12-20)10-9-15(21)25/h13-14H,4-12H2,1-3H3,(H2,21,25)(H,22,28)(H,23,27)/t14-/m0/s1. The number of carbonyl (C=O) groups excluding carboxylic acids is 4. The van der Waals surface area contributed by atoms with E-state index < -0.39 is 42.1 Å². The Kier molecular flexibility index (Phi) is 9.84. The number of halogens is 1. The van der Waals surface area contributed by atoms with E-state index in [1.807, 2.05) is 0 Å². The second-order valence-corrected chi connectivity index (χ2v) is 8.38. The van der Waals surface area contributed by atoms with Crippen molar-refractivity contribution in [1.29, 1.82) is 0 Å². The maximum absolute atomic E-state index is 12.8. The number of hydrazine groups is 1. The van der Waals surface area contributed by atoms with Crippen molar-refractivity contribution in [3.63, 3.8) is 0 Å². The fourth-order valence-corrected chi connectivity index (χ4v) is 3.14. The van der Waals surface area contributed by atoms with Crippen molar-refractivity contribution >= 4 is 23.8 Å². The summed E-state index contributed by atoms with van der Waals surface area (Å²) in [4.78, 5) is 47.7. The van der Waals surface area contributed by atoms with Crippen molar-refractivity contribution in [2.24, 2.45) is 11.7 Å². The van der Waals surface area contributed by atoms with E-state index in [2.05, 4.69) is 10.7 Å². The predicted octanol–water partition coefficient (Wildman–Crippen LogP) is 1.55. The Morgan fingerprint density at radius 1 is 1.17 bits per heavy atom. The quantitative estimate of drug-likeness (QED) is 0.517. The van der Waals surface area contributed by atoms with Gasteiger partial charge < -0.3 is 15.8 Å². The molecule has 4 N–H and O–H groups in total. The van der Waals surface area contributed by atoms with Gasteiger partial charge in [0.1, 0.15) is 0 Å². The van der Waals surface area contributed by atoms with Crippen molar-refractivity contribution in [3.8, 4) is 0 Å². The van der Waals surface area contributed by atoms with Crippen molar-refractivity contribution in [1.82, 2.24) is 15.8 Å². The molecule has 0 aromatic carbocycles. The molecule has 1 aliphatic rings. The number of nitrogens with one attached hydrogen (secondary N) is 2. The number of hydrogen-bond acceptors (Lipinski definition) is 5. The topological polar surface area (TPSA) is 131 Å². The van der Waals surface area contributed by atoms with Gasteiger partial charge in [-0.05, 0) is 33.1 Å². The number of alkyl carbamates (subject to hydrolysis) is 1. The number of nitrogens with two attached hydrogens (primary N) is 1. The third-order valence-electron chi connectivity index (χ3n) is 4.53. The van der Waals surface area contributed by atoms with Gasteiger partial charge in [0, 0.05) is 12.0 Å². The average Bonchev–Trinajstić information content (AvgIpc) is 2.62. The molecule has 0 aromatic heterocycles. The lowest BCUT2D eigenvalue weighted by atomic mass is 9.85. The van der Waals surface area contributed by atoms with Crippen LogP contribution in [0.15, 0.2) is 0 Å². The molecular weight excluding hydrogens is 383 g/mol. The van der Waals surface area contributed by atoms with Gasteiger partial charge in [0.15, 0.2) is 12.8 Å². The van der Waals surface area contributed by atoms with E-state index >= 15 is 0 Å². The van der Waals surface area contributed by atoms with Crippen LogP contribution in [0.5, 0.6) is 0 Å². The summed E-state index contributed by atoms with van der Waals surface area (Å²) in [6.45, 7) is 3.70. The smallest absolute Gasteiger partial charge is 0.408 e. The Hall–Kier alpha value is -2.39. The zero-order chi connectivity index (χ0) is 22.0. The van der Waals surface area contributed by atoms with Crippen LogP contribution in [0.25, 0.3) is 0 Å². The van der Waals surface area contributed by atoms with Gasteiger partial charge in [-0.15, -0.1) is 0 Å². The summed E-state index contributed by atoms with van der Waals surface area (Å²) in [6.07, 6.45) is 3.20. The van der Waals surface area contributed by atoms with Gasteiger partial charge in [-0.3, -0.25) is 24.8 Å². The summed E-state index contributed by atoms with van der Waals surface area (Å²) < 4.78 is 18.2. The van der Waals surface area contributed by atoms with Gasteiger partial charge in [-0.1, -0.05) is 32.1 Å². The highest BCUT2D eigenvalue weighted by Gasteiger charge is 2.31. The van der Waals surface area contributed by atoms with Crippen LogP contribution in [0.2, 0.25) is 0 Å². The molecule has 9 nitrogen and oxygen atoms in total. The van der Waals surface area contributed by atoms with Gasteiger partial charge in [0.25, 0.3) is 11.8 Å². The van der Waals surface area contributed by atoms with Crippen molar-refractivity contribution in [2.45, 2.75) is 77.4 Å². The Labute approximate surface area is 170 Å². The number of carbonyl (C=O) groups is 4. The summed E-state index contributed by atoms with van der Waals surface area (Å²) >= 11 is 0. The monoisotopic (exact) mass is 416 g/mol. The van der Waals surface area contributed by atoms with Crippen LogP contribution in [-0.4, -0.2) is 53.7 Å². The highest BCUT2D eigenvalue weighted by atomic mass is 19.1. The first-order chi connectivity index (χ1) is 13.5. The highest BCUT2D eigenvalue weighted by Crippen LogP contribution is 2.28. The Bertz CT molecular complexity index is 588. The summed E-state index contributed by atoms with van der Waals surface area (Å²) in [5, 5.41) is 3.33. The van der Waals surface area contributed by atoms with E-state index in [1.54, 1.807) is 20.8 Å². The molecule has 10 heteroatoms. The Morgan fingerprint density at radius 3 is 2.31 bits per heavy atom. The molecule has 29 heavy (non-hydrogen) atoms. The number of amides is 4. The Morgan fingerprint density at radius 2 is 1.79 bits per heavy atom. The number of hydrogen-bond donors (Lipinski definition) is 3. The van der Waals surface area contributed by atoms with Crippen LogP contribution >= 0.6 is 0 Å². The largest absolute Gasteiger partial charge is 0.436 e. The van der Waals surface area contributed by atoms with E-state index in [0.717, 1.165) is 32.1 Å². The molecule has 4 amide bonds. The van der Waals surface area contributed by atoms with E-state index in [9.17, 15) is 23.6 Å². The second-order valence-electron chi connectivity index (χ2n) is 8.38. The average molecular weight is 416 g/mol. The van der Waals surface area contributed by atoms with Crippen molar-refractivity contribution < 1.29 is 28.3 Å². The fourth-order valence-electron chi connectivity index (χ4n) is 3.14. The summed E-state index contributed by atoms with van der Waals surface area (Å²) in [5.74, 6) is -2.26. The number of ether oxygens (including phenoxy) is 1. The minimum Gasteiger partial charge on any atom is -0.436 e. The minimum atomic E-state index is -1.35. The van der Waals surface area contributed by atoms with Gasteiger partial charge >= 0.3 is 6.09 Å². The third kappa shape index (κ3) is 10.1. The van der Waals surface area contributed by atoms with Crippen LogP contribution in [0.1, 0.15) is 65.7 Å². The molecule has 1 rings (SSSR count). The zero-order valence-corrected chi connectivity index (χ0v) is 17.5. The molecule has 0 saturated heterocycles. The highest BCUT2D eigenvalue weighted by molar-refractivity contribution is 5.87. The molecule has 0 aliphatic heterocycles. The van der Waals surface area contributed by atoms with Crippen LogP contribution < -0.4 is 16.5 Å². The molecule has 0 heterocycles. The molecule has 0 bridgehead atoms. The van der Waals surface area contributed by atoms with E-state index in [-0.39, 0.29) is 18.9 Å². The molecule has 0 spiro atoms. The first-order valence-electron chi connectivity index (χ1n) is 9.95. The lowest BCUT2D eigenvalue weighted by Gasteiger charge is -2.29. The van der Waals surface area contributed by atoms with E-state index in [1.165, 1.54) is 0 Å². The zero-order valence-electron chi connectivity index (χ0n) is 17.5. The van der Waals surface area contributed by atoms with Crippen LogP contribution in [-0.2, 0) is 19.1 Å². The minimum absolute atomic E-state index is 0.206. The lowest BCUT2D eigenvalue weighted by Crippen LogP contribution is -2.53. The predicted molar refractivity (Wildman–Crippen MR) is 104 cm³/mol. The molecular formula is C19H33FN4O5. The van der Waals surface area contributed by atoms with Crippen molar-refractivity contribution in [2.75, 3.05) is 13.2 Å². The molecule has 1 aliphatic carbocycles. The molecule has 0 aromatic rings. The van der Waals surface area contributed by atoms with Gasteiger partial charge in [0.05, 0.1) is 6.54 Å². The maximum atomic E-state index is 12.8. The van der Waals surface area contributed by atoms with Gasteiger partial charge in [-0.2, -0.15) is 0 Å². The van der Waals surface area contributed by atoms with Crippen LogP contribution in [0, 0.1) is 5.92 Å². The maximum Gasteiger partial charge on any atom is 0.408 e. The SMILES string of the molecule is CC(C)(C)NC(=O)O[C@@H](CC1CCCCC1)C(=O)NN(CCC(N)=O)C(=O)CF. The third-order valence-corrected chi connectivity index (χ3v) is 4.53. The molecule has 166 valence electrons. The molecule has 1 atom stereocenters. The van der Waals surface area contributed by atoms with Crippen LogP contribution in [0.4, 0.5) is 9.18 Å². The molecule has 1 saturated carbocycles. The fraction of sp³-hybridized carbons (Fsp3) is 0.789. The second kappa shape index (κ2) is 11.6. The van der Waals surface area contributed by atoms with Gasteiger partial charge in [0.2, 0.25) is 5.91 Å². The number of primary amides is 1. The Balaban J connectivity index is 2.86. The first-order valence-corrected chi connectivity index (χ1v) is 9.95.